The molecular weight excluding hydrogens is 313 g/mol. The first-order valence-electron chi connectivity index (χ1n) is 5.82. The van der Waals surface area contributed by atoms with Gasteiger partial charge in [-0.15, -0.1) is 0 Å². The van der Waals surface area contributed by atoms with Gasteiger partial charge in [-0.05, 0) is 30.3 Å². The molecule has 0 saturated carbocycles. The zero-order valence-corrected chi connectivity index (χ0v) is 12.7. The Kier molecular flexibility index (Phi) is 4.19. The van der Waals surface area contributed by atoms with Gasteiger partial charge in [0.05, 0.1) is 16.8 Å². The van der Waals surface area contributed by atoms with E-state index < -0.39 is 15.8 Å². The zero-order chi connectivity index (χ0) is 15.6. The van der Waals surface area contributed by atoms with Gasteiger partial charge in [-0.25, -0.2) is 12.8 Å². The summed E-state index contributed by atoms with van der Waals surface area (Å²) in [5, 5.41) is 0. The number of rotatable bonds is 4. The lowest BCUT2D eigenvalue weighted by Crippen LogP contribution is -2.27. The Morgan fingerprint density at radius 1 is 1.38 bits per heavy atom. The zero-order valence-electron chi connectivity index (χ0n) is 11.0. The van der Waals surface area contributed by atoms with Gasteiger partial charge in [0.2, 0.25) is 0 Å². The van der Waals surface area contributed by atoms with Crippen LogP contribution >= 0.6 is 12.2 Å². The third-order valence-corrected chi connectivity index (χ3v) is 4.87. The number of halogens is 1. The van der Waals surface area contributed by atoms with Gasteiger partial charge in [0.25, 0.3) is 10.0 Å². The molecule has 0 atom stereocenters. The highest BCUT2D eigenvalue weighted by atomic mass is 32.2. The van der Waals surface area contributed by atoms with Crippen molar-refractivity contribution in [2.45, 2.75) is 4.90 Å². The Balaban J connectivity index is 2.50. The fourth-order valence-electron chi connectivity index (χ4n) is 1.69. The van der Waals surface area contributed by atoms with E-state index in [1.165, 1.54) is 25.5 Å². The lowest BCUT2D eigenvalue weighted by molar-refractivity contribution is 0.593. The van der Waals surface area contributed by atoms with Crippen molar-refractivity contribution in [1.82, 2.24) is 4.98 Å². The lowest BCUT2D eigenvalue weighted by atomic mass is 10.2. The minimum absolute atomic E-state index is 0.0990. The molecule has 2 N–H and O–H groups in total. The SMILES string of the molecule is CN(c1cccnc1)S(=O)(=O)c1ccc(F)c(C(N)=S)c1. The van der Waals surface area contributed by atoms with Gasteiger partial charge in [-0.1, -0.05) is 12.2 Å². The first-order chi connectivity index (χ1) is 9.84. The minimum Gasteiger partial charge on any atom is -0.389 e. The van der Waals surface area contributed by atoms with E-state index in [0.717, 1.165) is 16.4 Å². The average Bonchev–Trinajstić information content (AvgIpc) is 2.47. The lowest BCUT2D eigenvalue weighted by Gasteiger charge is -2.19. The number of anilines is 1. The van der Waals surface area contributed by atoms with Crippen LogP contribution in [0.15, 0.2) is 47.6 Å². The van der Waals surface area contributed by atoms with Crippen LogP contribution in [-0.4, -0.2) is 25.4 Å². The van der Waals surface area contributed by atoms with Crippen LogP contribution in [0.4, 0.5) is 10.1 Å². The molecule has 1 aromatic heterocycles. The Morgan fingerprint density at radius 3 is 2.67 bits per heavy atom. The molecule has 110 valence electrons. The number of sulfonamides is 1. The molecule has 5 nitrogen and oxygen atoms in total. The highest BCUT2D eigenvalue weighted by Gasteiger charge is 2.23. The molecule has 21 heavy (non-hydrogen) atoms. The second-order valence-corrected chi connectivity index (χ2v) is 6.60. The van der Waals surface area contributed by atoms with E-state index in [2.05, 4.69) is 4.98 Å². The minimum atomic E-state index is -3.85. The van der Waals surface area contributed by atoms with E-state index in [9.17, 15) is 12.8 Å². The third-order valence-electron chi connectivity index (χ3n) is 2.87. The number of hydrogen-bond acceptors (Lipinski definition) is 4. The number of aromatic nitrogens is 1. The van der Waals surface area contributed by atoms with Crippen molar-refractivity contribution < 1.29 is 12.8 Å². The van der Waals surface area contributed by atoms with Crippen molar-refractivity contribution in [3.63, 3.8) is 0 Å². The Morgan fingerprint density at radius 2 is 2.10 bits per heavy atom. The van der Waals surface area contributed by atoms with Gasteiger partial charge in [-0.3, -0.25) is 9.29 Å². The maximum Gasteiger partial charge on any atom is 0.264 e. The van der Waals surface area contributed by atoms with Crippen molar-refractivity contribution in [2.24, 2.45) is 5.73 Å². The highest BCUT2D eigenvalue weighted by Crippen LogP contribution is 2.22. The van der Waals surface area contributed by atoms with Crippen molar-refractivity contribution in [3.8, 4) is 0 Å². The molecule has 0 fully saturated rings. The van der Waals surface area contributed by atoms with Crippen LogP contribution in [0.3, 0.4) is 0 Å². The third kappa shape index (κ3) is 3.01. The summed E-state index contributed by atoms with van der Waals surface area (Å²) < 4.78 is 39.6. The molecule has 0 aliphatic rings. The molecule has 0 bridgehead atoms. The number of hydrogen-bond donors (Lipinski definition) is 1. The van der Waals surface area contributed by atoms with Crippen molar-refractivity contribution in [2.75, 3.05) is 11.4 Å². The predicted molar refractivity (Wildman–Crippen MR) is 82.1 cm³/mol. The monoisotopic (exact) mass is 325 g/mol. The van der Waals surface area contributed by atoms with Crippen molar-refractivity contribution >= 4 is 32.9 Å². The summed E-state index contributed by atoms with van der Waals surface area (Å²) in [6, 6.07) is 6.53. The number of benzene rings is 1. The molecular formula is C13H12FN3O2S2. The van der Waals surface area contributed by atoms with Crippen molar-refractivity contribution in [1.29, 1.82) is 0 Å². The quantitative estimate of drug-likeness (QED) is 0.866. The number of thiocarbonyl (C=S) groups is 1. The molecule has 0 radical (unpaired) electrons. The van der Waals surface area contributed by atoms with Crippen molar-refractivity contribution in [3.05, 3.63) is 54.1 Å². The van der Waals surface area contributed by atoms with E-state index in [-0.39, 0.29) is 15.4 Å². The standard InChI is InChI=1S/C13H12FN3O2S2/c1-17(9-3-2-6-16-8-9)21(18,19)10-4-5-12(14)11(7-10)13(15)20/h2-8H,1H3,(H2,15,20). The molecule has 0 aliphatic heterocycles. The topological polar surface area (TPSA) is 76.3 Å². The van der Waals surface area contributed by atoms with Gasteiger partial charge in [0.15, 0.2) is 0 Å². The van der Waals surface area contributed by atoms with Crippen LogP contribution in [0, 0.1) is 5.82 Å². The van der Waals surface area contributed by atoms with Crippen LogP contribution < -0.4 is 10.0 Å². The van der Waals surface area contributed by atoms with Gasteiger partial charge in [0, 0.05) is 18.8 Å². The fourth-order valence-corrected chi connectivity index (χ4v) is 3.06. The largest absolute Gasteiger partial charge is 0.389 e. The van der Waals surface area contributed by atoms with Crippen LogP contribution in [-0.2, 0) is 10.0 Å². The predicted octanol–water partition coefficient (Wildman–Crippen LogP) is 1.68. The number of nitrogens with zero attached hydrogens (tertiary/aromatic N) is 2. The molecule has 0 unspecified atom stereocenters. The summed E-state index contributed by atoms with van der Waals surface area (Å²) in [6.45, 7) is 0. The van der Waals surface area contributed by atoms with Crippen LogP contribution in [0.25, 0.3) is 0 Å². The Bertz CT molecular complexity index is 779. The van der Waals surface area contributed by atoms with Crippen LogP contribution in [0.1, 0.15) is 5.56 Å². The summed E-state index contributed by atoms with van der Waals surface area (Å²) in [4.78, 5) is 3.57. The van der Waals surface area contributed by atoms with Gasteiger partial charge in [-0.2, -0.15) is 0 Å². The van der Waals surface area contributed by atoms with Crippen LogP contribution in [0.5, 0.6) is 0 Å². The van der Waals surface area contributed by atoms with E-state index >= 15 is 0 Å². The first-order valence-corrected chi connectivity index (χ1v) is 7.67. The molecule has 2 aromatic rings. The Labute approximate surface area is 127 Å². The molecule has 2 rings (SSSR count). The van der Waals surface area contributed by atoms with E-state index in [0.29, 0.717) is 5.69 Å². The summed E-state index contributed by atoms with van der Waals surface area (Å²) in [7, 11) is -2.47. The summed E-state index contributed by atoms with van der Waals surface area (Å²) in [5.74, 6) is -0.662. The summed E-state index contributed by atoms with van der Waals surface area (Å²) >= 11 is 4.71. The molecule has 1 heterocycles. The molecule has 8 heteroatoms. The van der Waals surface area contributed by atoms with E-state index in [1.807, 2.05) is 0 Å². The molecule has 0 spiro atoms. The molecule has 0 saturated heterocycles. The molecule has 0 amide bonds. The maximum atomic E-state index is 13.5. The second-order valence-electron chi connectivity index (χ2n) is 4.19. The summed E-state index contributed by atoms with van der Waals surface area (Å²) in [5.41, 5.74) is 5.67. The normalized spacial score (nSPS) is 11.1. The average molecular weight is 325 g/mol. The second kappa shape index (κ2) is 5.74. The fraction of sp³-hybridized carbons (Fsp3) is 0.0769. The summed E-state index contributed by atoms with van der Waals surface area (Å²) in [6.07, 6.45) is 2.95. The maximum absolute atomic E-state index is 13.5. The van der Waals surface area contributed by atoms with Gasteiger partial charge < -0.3 is 5.73 Å². The Hall–Kier alpha value is -2.06. The molecule has 0 aliphatic carbocycles. The van der Waals surface area contributed by atoms with Gasteiger partial charge >= 0.3 is 0 Å². The van der Waals surface area contributed by atoms with Gasteiger partial charge in [0.1, 0.15) is 10.8 Å². The number of pyridine rings is 1. The van der Waals surface area contributed by atoms with E-state index in [4.69, 9.17) is 18.0 Å². The van der Waals surface area contributed by atoms with Crippen LogP contribution in [0.2, 0.25) is 0 Å². The highest BCUT2D eigenvalue weighted by molar-refractivity contribution is 7.92. The first kappa shape index (κ1) is 15.3. The van der Waals surface area contributed by atoms with E-state index in [1.54, 1.807) is 12.1 Å². The molecule has 1 aromatic carbocycles. The number of nitrogens with two attached hydrogens (primary N) is 1. The smallest absolute Gasteiger partial charge is 0.264 e.